The van der Waals surface area contributed by atoms with Crippen LogP contribution >= 0.6 is 11.6 Å². The van der Waals surface area contributed by atoms with E-state index in [2.05, 4.69) is 15.3 Å². The fourth-order valence-electron chi connectivity index (χ4n) is 2.64. The molecule has 1 saturated heterocycles. The summed E-state index contributed by atoms with van der Waals surface area (Å²) >= 11 is 6.19. The highest BCUT2D eigenvalue weighted by molar-refractivity contribution is 6.32. The van der Waals surface area contributed by atoms with E-state index in [9.17, 15) is 4.79 Å². The molecule has 0 aliphatic carbocycles. The normalized spacial score (nSPS) is 17.3. The molecule has 1 fully saturated rings. The Morgan fingerprint density at radius 3 is 3.22 bits per heavy atom. The molecule has 0 unspecified atom stereocenters. The average molecular weight is 337 g/mol. The summed E-state index contributed by atoms with van der Waals surface area (Å²) in [5.74, 6) is 1.16. The number of hydrogen-bond acceptors (Lipinski definition) is 6. The predicted octanol–water partition coefficient (Wildman–Crippen LogP) is 2.02. The molecule has 0 saturated carbocycles. The lowest BCUT2D eigenvalue weighted by molar-refractivity contribution is -0.122. The Hall–Kier alpha value is -2.28. The van der Waals surface area contributed by atoms with Crippen LogP contribution < -0.4 is 15.0 Å². The lowest BCUT2D eigenvalue weighted by Gasteiger charge is -2.25. The second kappa shape index (κ2) is 6.87. The third-order valence-electron chi connectivity index (χ3n) is 3.73. The maximum atomic E-state index is 12.5. The summed E-state index contributed by atoms with van der Waals surface area (Å²) in [7, 11) is 1.49. The number of anilines is 1. The molecule has 3 heterocycles. The van der Waals surface area contributed by atoms with Gasteiger partial charge in [-0.2, -0.15) is 4.98 Å². The van der Waals surface area contributed by atoms with E-state index >= 15 is 0 Å². The Kier molecular flexibility index (Phi) is 4.66. The van der Waals surface area contributed by atoms with Crippen molar-refractivity contribution in [3.8, 4) is 6.01 Å². The molecule has 0 spiro atoms. The van der Waals surface area contributed by atoms with Gasteiger partial charge in [0.15, 0.2) is 5.82 Å². The molecule has 1 atom stereocenters. The molecule has 1 N–H and O–H groups in total. The lowest BCUT2D eigenvalue weighted by atomic mass is 10.2. The zero-order valence-corrected chi connectivity index (χ0v) is 13.4. The molecule has 7 nitrogen and oxygen atoms in total. The fourth-order valence-corrected chi connectivity index (χ4v) is 2.84. The first-order valence-corrected chi connectivity index (χ1v) is 7.70. The zero-order valence-electron chi connectivity index (χ0n) is 12.7. The number of halogens is 1. The average Bonchev–Trinajstić information content (AvgIpc) is 3.24. The number of methoxy groups -OCH3 is 1. The van der Waals surface area contributed by atoms with Gasteiger partial charge >= 0.3 is 6.01 Å². The maximum absolute atomic E-state index is 12.5. The minimum atomic E-state index is -0.318. The summed E-state index contributed by atoms with van der Waals surface area (Å²) < 4.78 is 10.3. The van der Waals surface area contributed by atoms with Crippen molar-refractivity contribution in [3.05, 3.63) is 35.4 Å². The number of ether oxygens (including phenoxy) is 1. The molecule has 1 aliphatic rings. The lowest BCUT2D eigenvalue weighted by Crippen LogP contribution is -2.43. The molecular weight excluding hydrogens is 320 g/mol. The van der Waals surface area contributed by atoms with Gasteiger partial charge in [-0.1, -0.05) is 11.6 Å². The number of nitrogens with zero attached hydrogens (tertiary/aromatic N) is 3. The van der Waals surface area contributed by atoms with Crippen molar-refractivity contribution in [2.45, 2.75) is 25.4 Å². The summed E-state index contributed by atoms with van der Waals surface area (Å²) in [5, 5.41) is 3.28. The highest BCUT2D eigenvalue weighted by Gasteiger charge is 2.33. The van der Waals surface area contributed by atoms with Crippen LogP contribution in [0.1, 0.15) is 18.6 Å². The van der Waals surface area contributed by atoms with Gasteiger partial charge in [0.05, 0.1) is 26.1 Å². The van der Waals surface area contributed by atoms with Gasteiger partial charge in [-0.25, -0.2) is 4.98 Å². The van der Waals surface area contributed by atoms with Crippen LogP contribution in [0.25, 0.3) is 0 Å². The van der Waals surface area contributed by atoms with Gasteiger partial charge in [0.2, 0.25) is 5.91 Å². The topological polar surface area (TPSA) is 80.5 Å². The molecule has 2 aromatic rings. The van der Waals surface area contributed by atoms with Gasteiger partial charge in [-0.15, -0.1) is 0 Å². The zero-order chi connectivity index (χ0) is 16.2. The number of rotatable bonds is 5. The molecule has 0 radical (unpaired) electrons. The van der Waals surface area contributed by atoms with E-state index in [1.54, 1.807) is 12.3 Å². The van der Waals surface area contributed by atoms with Gasteiger partial charge < -0.3 is 19.4 Å². The number of furan rings is 1. The van der Waals surface area contributed by atoms with Gasteiger partial charge in [0.1, 0.15) is 16.8 Å². The summed E-state index contributed by atoms with van der Waals surface area (Å²) in [4.78, 5) is 22.6. The van der Waals surface area contributed by atoms with E-state index in [1.807, 2.05) is 11.0 Å². The van der Waals surface area contributed by atoms with E-state index in [1.165, 1.54) is 13.3 Å². The summed E-state index contributed by atoms with van der Waals surface area (Å²) in [6, 6.07) is 3.52. The molecule has 0 bridgehead atoms. The van der Waals surface area contributed by atoms with Crippen LogP contribution in [0, 0.1) is 0 Å². The SMILES string of the molecule is COc1ncc(Cl)c(N2CCC[C@@H]2C(=O)NCc2ccco2)n1. The first-order chi connectivity index (χ1) is 11.2. The van der Waals surface area contributed by atoms with Crippen molar-refractivity contribution in [1.29, 1.82) is 0 Å². The highest BCUT2D eigenvalue weighted by Crippen LogP contribution is 2.30. The van der Waals surface area contributed by atoms with Crippen LogP contribution in [0.4, 0.5) is 5.82 Å². The van der Waals surface area contributed by atoms with Crippen LogP contribution in [0.3, 0.4) is 0 Å². The molecule has 3 rings (SSSR count). The summed E-state index contributed by atoms with van der Waals surface area (Å²) in [6.07, 6.45) is 4.70. The van der Waals surface area contributed by atoms with Crippen molar-refractivity contribution in [1.82, 2.24) is 15.3 Å². The van der Waals surface area contributed by atoms with E-state index in [0.29, 0.717) is 29.7 Å². The number of carbonyl (C=O) groups is 1. The third kappa shape index (κ3) is 3.39. The molecule has 122 valence electrons. The van der Waals surface area contributed by atoms with Crippen molar-refractivity contribution >= 4 is 23.3 Å². The Morgan fingerprint density at radius 1 is 1.61 bits per heavy atom. The third-order valence-corrected chi connectivity index (χ3v) is 4.00. The summed E-state index contributed by atoms with van der Waals surface area (Å²) in [6.45, 7) is 1.07. The maximum Gasteiger partial charge on any atom is 0.318 e. The molecular formula is C15H17ClN4O3. The second-order valence-electron chi connectivity index (χ2n) is 5.18. The second-order valence-corrected chi connectivity index (χ2v) is 5.58. The standard InChI is InChI=1S/C15H17ClN4O3/c1-22-15-18-9-11(16)13(19-15)20-6-2-5-12(20)14(21)17-8-10-4-3-7-23-10/h3-4,7,9,12H,2,5-6,8H2,1H3,(H,17,21)/t12-/m1/s1. The van der Waals surface area contributed by atoms with Gasteiger partial charge in [-0.3, -0.25) is 4.79 Å². The molecule has 1 amide bonds. The first-order valence-electron chi connectivity index (χ1n) is 7.32. The Bertz CT molecular complexity index is 677. The Labute approximate surface area is 138 Å². The molecule has 1 aliphatic heterocycles. The van der Waals surface area contributed by atoms with Crippen molar-refractivity contribution in [3.63, 3.8) is 0 Å². The highest BCUT2D eigenvalue weighted by atomic mass is 35.5. The van der Waals surface area contributed by atoms with Crippen LogP contribution in [0.2, 0.25) is 5.02 Å². The number of carbonyl (C=O) groups excluding carboxylic acids is 1. The monoisotopic (exact) mass is 336 g/mol. The number of aromatic nitrogens is 2. The van der Waals surface area contributed by atoms with E-state index < -0.39 is 0 Å². The smallest absolute Gasteiger partial charge is 0.318 e. The molecule has 23 heavy (non-hydrogen) atoms. The van der Waals surface area contributed by atoms with Crippen molar-refractivity contribution in [2.24, 2.45) is 0 Å². The van der Waals surface area contributed by atoms with Crippen molar-refractivity contribution in [2.75, 3.05) is 18.6 Å². The first kappa shape index (κ1) is 15.6. The largest absolute Gasteiger partial charge is 0.467 e. The predicted molar refractivity (Wildman–Crippen MR) is 84.5 cm³/mol. The summed E-state index contributed by atoms with van der Waals surface area (Å²) in [5.41, 5.74) is 0. The van der Waals surface area contributed by atoms with Crippen molar-refractivity contribution < 1.29 is 13.9 Å². The van der Waals surface area contributed by atoms with E-state index in [4.69, 9.17) is 20.8 Å². The van der Waals surface area contributed by atoms with Crippen LogP contribution in [0.5, 0.6) is 6.01 Å². The Balaban J connectivity index is 1.73. The fraction of sp³-hybridized carbons (Fsp3) is 0.400. The molecule has 2 aromatic heterocycles. The van der Waals surface area contributed by atoms with Crippen LogP contribution in [-0.4, -0.2) is 35.6 Å². The van der Waals surface area contributed by atoms with Gasteiger partial charge in [-0.05, 0) is 25.0 Å². The van der Waals surface area contributed by atoms with Gasteiger partial charge in [0.25, 0.3) is 0 Å². The van der Waals surface area contributed by atoms with Gasteiger partial charge in [0, 0.05) is 6.54 Å². The van der Waals surface area contributed by atoms with E-state index in [-0.39, 0.29) is 18.0 Å². The molecule has 0 aromatic carbocycles. The van der Waals surface area contributed by atoms with E-state index in [0.717, 1.165) is 12.8 Å². The molecule has 8 heteroatoms. The number of nitrogens with one attached hydrogen (secondary N) is 1. The van der Waals surface area contributed by atoms with Crippen LogP contribution in [0.15, 0.2) is 29.0 Å². The minimum absolute atomic E-state index is 0.0763. The number of amides is 1. The minimum Gasteiger partial charge on any atom is -0.467 e. The quantitative estimate of drug-likeness (QED) is 0.899. The number of hydrogen-bond donors (Lipinski definition) is 1. The Morgan fingerprint density at radius 2 is 2.48 bits per heavy atom. The van der Waals surface area contributed by atoms with Crippen LogP contribution in [-0.2, 0) is 11.3 Å².